The third-order valence-electron chi connectivity index (χ3n) is 8.25. The maximum absolute atomic E-state index is 3.86. The average Bonchev–Trinajstić information content (AvgIpc) is 3.29. The highest BCUT2D eigenvalue weighted by Gasteiger charge is 2.23. The third kappa shape index (κ3) is 5.25. The lowest BCUT2D eigenvalue weighted by Gasteiger charge is -2.38. The number of hydrogen-bond acceptors (Lipinski definition) is 4. The summed E-state index contributed by atoms with van der Waals surface area (Å²) < 4.78 is 0. The van der Waals surface area contributed by atoms with Crippen LogP contribution in [0.5, 0.6) is 0 Å². The Morgan fingerprint density at radius 1 is 0.912 bits per heavy atom. The number of fused-ring (bicyclic) bond motifs is 1. The second kappa shape index (κ2) is 10.6. The quantitative estimate of drug-likeness (QED) is 0.650. The van der Waals surface area contributed by atoms with Crippen LogP contribution in [0.1, 0.15) is 48.9 Å². The van der Waals surface area contributed by atoms with E-state index in [1.54, 1.807) is 0 Å². The Balaban J connectivity index is 1.11. The highest BCUT2D eigenvalue weighted by molar-refractivity contribution is 5.90. The van der Waals surface area contributed by atoms with Crippen LogP contribution in [0.15, 0.2) is 42.5 Å². The number of rotatable bonds is 7. The summed E-state index contributed by atoms with van der Waals surface area (Å²) in [5, 5.41) is 3.86. The molecule has 34 heavy (non-hydrogen) atoms. The van der Waals surface area contributed by atoms with Gasteiger partial charge in [-0.2, -0.15) is 0 Å². The van der Waals surface area contributed by atoms with E-state index in [0.29, 0.717) is 12.1 Å². The molecule has 2 aliphatic heterocycles. The molecule has 5 rings (SSSR count). The highest BCUT2D eigenvalue weighted by Crippen LogP contribution is 2.36. The first-order valence-corrected chi connectivity index (χ1v) is 13.4. The van der Waals surface area contributed by atoms with E-state index in [4.69, 9.17) is 0 Å². The van der Waals surface area contributed by atoms with Gasteiger partial charge in [-0.05, 0) is 73.9 Å². The van der Waals surface area contributed by atoms with Gasteiger partial charge in [0.05, 0.1) is 0 Å². The lowest BCUT2D eigenvalue weighted by molar-refractivity contribution is 0.108. The van der Waals surface area contributed by atoms with Crippen molar-refractivity contribution >= 4 is 17.3 Å². The molecule has 0 aromatic heterocycles. The van der Waals surface area contributed by atoms with Crippen LogP contribution < -0.4 is 10.2 Å². The van der Waals surface area contributed by atoms with Gasteiger partial charge in [0.25, 0.3) is 0 Å². The molecule has 182 valence electrons. The first-order chi connectivity index (χ1) is 16.6. The molecule has 2 saturated heterocycles. The van der Waals surface area contributed by atoms with Crippen molar-refractivity contribution in [1.29, 1.82) is 0 Å². The van der Waals surface area contributed by atoms with Crippen molar-refractivity contribution in [3.05, 3.63) is 64.7 Å². The van der Waals surface area contributed by atoms with E-state index >= 15 is 0 Å². The van der Waals surface area contributed by atoms with Gasteiger partial charge in [0.1, 0.15) is 0 Å². The third-order valence-corrected chi connectivity index (χ3v) is 8.25. The van der Waals surface area contributed by atoms with Crippen LogP contribution in [0.4, 0.5) is 5.69 Å². The molecule has 1 N–H and O–H groups in total. The molecule has 1 aliphatic carbocycles. The maximum Gasteiger partial charge on any atom is 0.0402 e. The zero-order valence-electron chi connectivity index (χ0n) is 21.4. The molecular weight excluding hydrogens is 416 g/mol. The Morgan fingerprint density at radius 2 is 1.68 bits per heavy atom. The first-order valence-electron chi connectivity index (χ1n) is 13.4. The van der Waals surface area contributed by atoms with Gasteiger partial charge in [-0.3, -0.25) is 9.80 Å². The smallest absolute Gasteiger partial charge is 0.0402 e. The fourth-order valence-electron chi connectivity index (χ4n) is 6.02. The van der Waals surface area contributed by atoms with E-state index < -0.39 is 0 Å². The minimum absolute atomic E-state index is 0.656. The zero-order chi connectivity index (χ0) is 23.5. The van der Waals surface area contributed by atoms with E-state index in [-0.39, 0.29) is 0 Å². The lowest BCUT2D eigenvalue weighted by Crippen LogP contribution is -2.51. The molecule has 0 atom stereocenters. The maximum atomic E-state index is 3.86. The van der Waals surface area contributed by atoms with E-state index in [0.717, 1.165) is 26.1 Å². The zero-order valence-corrected chi connectivity index (χ0v) is 21.4. The highest BCUT2D eigenvalue weighted by atomic mass is 15.3. The molecule has 4 heteroatoms. The Kier molecular flexibility index (Phi) is 7.38. The van der Waals surface area contributed by atoms with Crippen LogP contribution in [0.25, 0.3) is 11.6 Å². The van der Waals surface area contributed by atoms with Gasteiger partial charge < -0.3 is 10.2 Å². The predicted octanol–water partition coefficient (Wildman–Crippen LogP) is 4.68. The van der Waals surface area contributed by atoms with Crippen molar-refractivity contribution in [3.8, 4) is 0 Å². The standard InChI is InChI=1S/C30H42N4/c1-23(2)33-19-17-32(18-20-33)16-13-31-28-11-14-34(15-12-28)30-10-6-9-29(24(30)3)27-21-25-7-4-5-8-26(25)22-27/h4-10,21,23,28,31H,11-20,22H2,1-3H3. The number of allylic oxidation sites excluding steroid dienone is 1. The summed E-state index contributed by atoms with van der Waals surface area (Å²) in [5.74, 6) is 0. The van der Waals surface area contributed by atoms with Gasteiger partial charge in [0.15, 0.2) is 0 Å². The molecule has 0 saturated carbocycles. The summed E-state index contributed by atoms with van der Waals surface area (Å²) in [7, 11) is 0. The number of piperazine rings is 1. The number of benzene rings is 2. The lowest BCUT2D eigenvalue weighted by atomic mass is 9.96. The summed E-state index contributed by atoms with van der Waals surface area (Å²) in [4.78, 5) is 7.84. The molecule has 2 aromatic carbocycles. The normalized spacial score (nSPS) is 20.1. The summed E-state index contributed by atoms with van der Waals surface area (Å²) in [6.07, 6.45) is 5.91. The van der Waals surface area contributed by atoms with E-state index in [1.165, 1.54) is 79.1 Å². The average molecular weight is 459 g/mol. The molecule has 0 spiro atoms. The minimum atomic E-state index is 0.656. The Bertz CT molecular complexity index is 995. The van der Waals surface area contributed by atoms with Gasteiger partial charge >= 0.3 is 0 Å². The Morgan fingerprint density at radius 3 is 2.41 bits per heavy atom. The molecule has 0 bridgehead atoms. The van der Waals surface area contributed by atoms with Crippen molar-refractivity contribution in [3.63, 3.8) is 0 Å². The predicted molar refractivity (Wildman–Crippen MR) is 146 cm³/mol. The van der Waals surface area contributed by atoms with E-state index in [2.05, 4.69) is 89.3 Å². The number of hydrogen-bond donors (Lipinski definition) is 1. The van der Waals surface area contributed by atoms with Crippen molar-refractivity contribution < 1.29 is 0 Å². The van der Waals surface area contributed by atoms with Crippen molar-refractivity contribution in [1.82, 2.24) is 15.1 Å². The van der Waals surface area contributed by atoms with Crippen LogP contribution in [-0.2, 0) is 6.42 Å². The second-order valence-electron chi connectivity index (χ2n) is 10.7. The molecule has 2 heterocycles. The Labute approximate surface area is 206 Å². The van der Waals surface area contributed by atoms with E-state index in [9.17, 15) is 0 Å². The molecule has 4 nitrogen and oxygen atoms in total. The van der Waals surface area contributed by atoms with Crippen molar-refractivity contribution in [2.24, 2.45) is 0 Å². The summed E-state index contributed by atoms with van der Waals surface area (Å²) in [6.45, 7) is 16.4. The van der Waals surface area contributed by atoms with Crippen LogP contribution in [0, 0.1) is 6.92 Å². The number of piperidine rings is 1. The topological polar surface area (TPSA) is 21.8 Å². The van der Waals surface area contributed by atoms with Crippen LogP contribution in [-0.4, -0.2) is 74.2 Å². The number of nitrogens with zero attached hydrogens (tertiary/aromatic N) is 3. The largest absolute Gasteiger partial charge is 0.371 e. The van der Waals surface area contributed by atoms with Gasteiger partial charge in [-0.1, -0.05) is 42.5 Å². The summed E-state index contributed by atoms with van der Waals surface area (Å²) >= 11 is 0. The molecule has 2 fully saturated rings. The van der Waals surface area contributed by atoms with Crippen LogP contribution in [0.2, 0.25) is 0 Å². The summed E-state index contributed by atoms with van der Waals surface area (Å²) in [6, 6.07) is 17.0. The van der Waals surface area contributed by atoms with E-state index in [1.807, 2.05) is 0 Å². The molecular formula is C30H42N4. The number of anilines is 1. The molecule has 2 aromatic rings. The molecule has 0 unspecified atom stereocenters. The number of nitrogens with one attached hydrogen (secondary N) is 1. The van der Waals surface area contributed by atoms with Crippen molar-refractivity contribution in [2.75, 3.05) is 57.3 Å². The SMILES string of the molecule is Cc1c(C2=Cc3ccccc3C2)cccc1N1CCC(NCCN2CCN(C(C)C)CC2)CC1. The summed E-state index contributed by atoms with van der Waals surface area (Å²) in [5.41, 5.74) is 8.59. The molecule has 3 aliphatic rings. The van der Waals surface area contributed by atoms with Crippen LogP contribution >= 0.6 is 0 Å². The van der Waals surface area contributed by atoms with Gasteiger partial charge in [-0.25, -0.2) is 0 Å². The van der Waals surface area contributed by atoms with Gasteiger partial charge in [0, 0.05) is 70.1 Å². The van der Waals surface area contributed by atoms with Crippen molar-refractivity contribution in [2.45, 2.75) is 52.1 Å². The fraction of sp³-hybridized carbons (Fsp3) is 0.533. The fourth-order valence-corrected chi connectivity index (χ4v) is 6.02. The Hall–Kier alpha value is -2.14. The minimum Gasteiger partial charge on any atom is -0.371 e. The monoisotopic (exact) mass is 458 g/mol. The van der Waals surface area contributed by atoms with Gasteiger partial charge in [-0.15, -0.1) is 0 Å². The van der Waals surface area contributed by atoms with Gasteiger partial charge in [0.2, 0.25) is 0 Å². The van der Waals surface area contributed by atoms with Crippen LogP contribution in [0.3, 0.4) is 0 Å². The molecule has 0 radical (unpaired) electrons. The molecule has 0 amide bonds. The second-order valence-corrected chi connectivity index (χ2v) is 10.7. The first kappa shape index (κ1) is 23.6.